The van der Waals surface area contributed by atoms with Crippen LogP contribution in [0.2, 0.25) is 0 Å². The zero-order chi connectivity index (χ0) is 13.2. The molecular formula is C11H16BrN3O2S. The Labute approximate surface area is 116 Å². The maximum atomic E-state index is 11.5. The van der Waals surface area contributed by atoms with Crippen molar-refractivity contribution in [3.8, 4) is 0 Å². The summed E-state index contributed by atoms with van der Waals surface area (Å²) in [6.07, 6.45) is 3.48. The lowest BCUT2D eigenvalue weighted by Crippen LogP contribution is -2.52. The standard InChI is InChI=1S/C11H16BrN3O2S/c1-2-18(16,17)15-7-9(8-15)4-14-11-3-10(12)5-13-6-11/h3,5-6,9,14H,2,4,7-8H2,1H3. The lowest BCUT2D eigenvalue weighted by Gasteiger charge is -2.38. The maximum Gasteiger partial charge on any atom is 0.213 e. The second-order valence-corrected chi connectivity index (χ2v) is 7.53. The summed E-state index contributed by atoms with van der Waals surface area (Å²) in [6.45, 7) is 3.68. The minimum atomic E-state index is -3.00. The van der Waals surface area contributed by atoms with E-state index in [-0.39, 0.29) is 5.75 Å². The van der Waals surface area contributed by atoms with E-state index in [0.717, 1.165) is 16.7 Å². The van der Waals surface area contributed by atoms with Crippen LogP contribution >= 0.6 is 15.9 Å². The normalized spacial score (nSPS) is 17.4. The first-order chi connectivity index (χ1) is 8.51. The van der Waals surface area contributed by atoms with Gasteiger partial charge in [0.25, 0.3) is 0 Å². The summed E-state index contributed by atoms with van der Waals surface area (Å²) in [7, 11) is -3.00. The van der Waals surface area contributed by atoms with Crippen molar-refractivity contribution >= 4 is 31.6 Å². The van der Waals surface area contributed by atoms with Crippen molar-refractivity contribution in [1.82, 2.24) is 9.29 Å². The Bertz CT molecular complexity index is 515. The van der Waals surface area contributed by atoms with Gasteiger partial charge in [-0.25, -0.2) is 12.7 Å². The molecule has 18 heavy (non-hydrogen) atoms. The third kappa shape index (κ3) is 3.21. The van der Waals surface area contributed by atoms with Crippen molar-refractivity contribution in [2.24, 2.45) is 5.92 Å². The Kier molecular flexibility index (Phi) is 4.24. The van der Waals surface area contributed by atoms with Crippen molar-refractivity contribution in [2.75, 3.05) is 30.7 Å². The Balaban J connectivity index is 1.78. The molecule has 1 saturated heterocycles. The number of nitrogens with zero attached hydrogens (tertiary/aromatic N) is 2. The predicted octanol–water partition coefficient (Wildman–Crippen LogP) is 1.54. The average Bonchev–Trinajstić information content (AvgIpc) is 2.27. The maximum absolute atomic E-state index is 11.5. The molecule has 2 rings (SSSR count). The van der Waals surface area contributed by atoms with Crippen LogP contribution in [0, 0.1) is 5.92 Å². The quantitative estimate of drug-likeness (QED) is 0.887. The highest BCUT2D eigenvalue weighted by molar-refractivity contribution is 9.10. The van der Waals surface area contributed by atoms with Gasteiger partial charge in [0.05, 0.1) is 17.6 Å². The second-order valence-electron chi connectivity index (χ2n) is 4.36. The Morgan fingerprint density at radius 1 is 1.50 bits per heavy atom. The molecule has 0 radical (unpaired) electrons. The molecule has 1 fully saturated rings. The number of pyridine rings is 1. The molecule has 1 aromatic rings. The summed E-state index contributed by atoms with van der Waals surface area (Å²) < 4.78 is 25.5. The fourth-order valence-corrected chi connectivity index (χ4v) is 3.44. The zero-order valence-corrected chi connectivity index (χ0v) is 12.5. The molecule has 100 valence electrons. The number of sulfonamides is 1. The van der Waals surface area contributed by atoms with Crippen LogP contribution in [-0.2, 0) is 10.0 Å². The first kappa shape index (κ1) is 13.8. The molecule has 7 heteroatoms. The molecule has 2 heterocycles. The average molecular weight is 334 g/mol. The minimum absolute atomic E-state index is 0.183. The van der Waals surface area contributed by atoms with E-state index < -0.39 is 10.0 Å². The number of nitrogens with one attached hydrogen (secondary N) is 1. The van der Waals surface area contributed by atoms with Gasteiger partial charge in [-0.05, 0) is 28.9 Å². The number of rotatable bonds is 5. The summed E-state index contributed by atoms with van der Waals surface area (Å²) in [6, 6.07) is 1.95. The number of halogens is 1. The first-order valence-electron chi connectivity index (χ1n) is 5.83. The number of hydrogen-bond donors (Lipinski definition) is 1. The summed E-state index contributed by atoms with van der Waals surface area (Å²) in [5, 5.41) is 3.26. The summed E-state index contributed by atoms with van der Waals surface area (Å²) >= 11 is 3.36. The van der Waals surface area contributed by atoms with E-state index in [1.165, 1.54) is 0 Å². The van der Waals surface area contributed by atoms with Crippen LogP contribution in [-0.4, -0.2) is 43.1 Å². The summed E-state index contributed by atoms with van der Waals surface area (Å²) in [4.78, 5) is 4.06. The van der Waals surface area contributed by atoms with Crippen molar-refractivity contribution < 1.29 is 8.42 Å². The van der Waals surface area contributed by atoms with E-state index in [2.05, 4.69) is 26.2 Å². The summed E-state index contributed by atoms with van der Waals surface area (Å²) in [5.41, 5.74) is 0.946. The van der Waals surface area contributed by atoms with E-state index in [4.69, 9.17) is 0 Å². The van der Waals surface area contributed by atoms with Crippen molar-refractivity contribution in [1.29, 1.82) is 0 Å². The highest BCUT2D eigenvalue weighted by Crippen LogP contribution is 2.21. The van der Waals surface area contributed by atoms with Crippen molar-refractivity contribution in [3.63, 3.8) is 0 Å². The molecule has 1 aliphatic rings. The number of aromatic nitrogens is 1. The molecule has 0 saturated carbocycles. The topological polar surface area (TPSA) is 62.3 Å². The van der Waals surface area contributed by atoms with E-state index >= 15 is 0 Å². The molecule has 0 aromatic carbocycles. The van der Waals surface area contributed by atoms with Crippen molar-refractivity contribution in [2.45, 2.75) is 6.92 Å². The molecule has 1 aliphatic heterocycles. The molecule has 5 nitrogen and oxygen atoms in total. The van der Waals surface area contributed by atoms with E-state index in [1.807, 2.05) is 6.07 Å². The van der Waals surface area contributed by atoms with Crippen LogP contribution < -0.4 is 5.32 Å². The number of anilines is 1. The van der Waals surface area contributed by atoms with E-state index in [0.29, 0.717) is 19.0 Å². The number of hydrogen-bond acceptors (Lipinski definition) is 4. The Morgan fingerprint density at radius 2 is 2.22 bits per heavy atom. The molecule has 0 amide bonds. The first-order valence-corrected chi connectivity index (χ1v) is 8.23. The fourth-order valence-electron chi connectivity index (χ4n) is 1.83. The monoisotopic (exact) mass is 333 g/mol. The van der Waals surface area contributed by atoms with Gasteiger partial charge in [0.1, 0.15) is 0 Å². The van der Waals surface area contributed by atoms with Gasteiger partial charge in [-0.2, -0.15) is 0 Å². The smallest absolute Gasteiger partial charge is 0.213 e. The predicted molar refractivity (Wildman–Crippen MR) is 75.0 cm³/mol. The van der Waals surface area contributed by atoms with Crippen LogP contribution in [0.4, 0.5) is 5.69 Å². The minimum Gasteiger partial charge on any atom is -0.383 e. The molecule has 1 aromatic heterocycles. The van der Waals surface area contributed by atoms with Crippen LogP contribution in [0.1, 0.15) is 6.92 Å². The van der Waals surface area contributed by atoms with Crippen molar-refractivity contribution in [3.05, 3.63) is 22.9 Å². The molecule has 1 N–H and O–H groups in total. The van der Waals surface area contributed by atoms with Crippen LogP contribution in [0.15, 0.2) is 22.9 Å². The van der Waals surface area contributed by atoms with Gasteiger partial charge < -0.3 is 5.32 Å². The third-order valence-corrected chi connectivity index (χ3v) is 5.23. The largest absolute Gasteiger partial charge is 0.383 e. The SMILES string of the molecule is CCS(=O)(=O)N1CC(CNc2cncc(Br)c2)C1. The molecular weight excluding hydrogens is 318 g/mol. The van der Waals surface area contributed by atoms with Crippen LogP contribution in [0.3, 0.4) is 0 Å². The lowest BCUT2D eigenvalue weighted by atomic mass is 10.0. The van der Waals surface area contributed by atoms with Gasteiger partial charge in [-0.15, -0.1) is 0 Å². The van der Waals surface area contributed by atoms with Gasteiger partial charge in [-0.3, -0.25) is 4.98 Å². The van der Waals surface area contributed by atoms with Gasteiger partial charge >= 0.3 is 0 Å². The summed E-state index contributed by atoms with van der Waals surface area (Å²) in [5.74, 6) is 0.563. The molecule has 0 aliphatic carbocycles. The van der Waals surface area contributed by atoms with Gasteiger partial charge in [0.15, 0.2) is 0 Å². The second kappa shape index (κ2) is 5.54. The molecule has 0 bridgehead atoms. The van der Waals surface area contributed by atoms with Gasteiger partial charge in [0, 0.05) is 36.2 Å². The van der Waals surface area contributed by atoms with Gasteiger partial charge in [0.2, 0.25) is 10.0 Å². The zero-order valence-electron chi connectivity index (χ0n) is 10.1. The highest BCUT2D eigenvalue weighted by atomic mass is 79.9. The fraction of sp³-hybridized carbons (Fsp3) is 0.545. The third-order valence-electron chi connectivity index (χ3n) is 2.98. The molecule has 0 atom stereocenters. The highest BCUT2D eigenvalue weighted by Gasteiger charge is 2.34. The Hall–Kier alpha value is -0.660. The van der Waals surface area contributed by atoms with E-state index in [9.17, 15) is 8.42 Å². The van der Waals surface area contributed by atoms with E-state index in [1.54, 1.807) is 23.6 Å². The van der Waals surface area contributed by atoms with Crippen LogP contribution in [0.5, 0.6) is 0 Å². The van der Waals surface area contributed by atoms with Crippen LogP contribution in [0.25, 0.3) is 0 Å². The van der Waals surface area contributed by atoms with Gasteiger partial charge in [-0.1, -0.05) is 0 Å². The molecule has 0 unspecified atom stereocenters. The lowest BCUT2D eigenvalue weighted by molar-refractivity contribution is 0.212. The Morgan fingerprint density at radius 3 is 2.83 bits per heavy atom. The molecule has 0 spiro atoms.